The van der Waals surface area contributed by atoms with E-state index in [9.17, 15) is 4.21 Å². The summed E-state index contributed by atoms with van der Waals surface area (Å²) < 4.78 is 14.2. The van der Waals surface area contributed by atoms with Crippen molar-refractivity contribution in [1.29, 1.82) is 0 Å². The van der Waals surface area contributed by atoms with Crippen LogP contribution in [0.1, 0.15) is 11.4 Å². The topological polar surface area (TPSA) is 60.9 Å². The summed E-state index contributed by atoms with van der Waals surface area (Å²) in [6, 6.07) is 5.63. The van der Waals surface area contributed by atoms with Crippen LogP contribution in [0, 0.1) is 6.92 Å². The first-order valence-electron chi connectivity index (χ1n) is 5.78. The highest BCUT2D eigenvalue weighted by Crippen LogP contribution is 2.18. The summed E-state index contributed by atoms with van der Waals surface area (Å²) in [5.74, 6) is 1.48. The van der Waals surface area contributed by atoms with E-state index in [1.807, 2.05) is 42.9 Å². The largest absolute Gasteiger partial charge is 0.398 e. The van der Waals surface area contributed by atoms with Gasteiger partial charge in [0.25, 0.3) is 0 Å². The van der Waals surface area contributed by atoms with Crippen LogP contribution in [0.4, 0.5) is 5.69 Å². The fourth-order valence-corrected chi connectivity index (χ4v) is 3.01. The van der Waals surface area contributed by atoms with Crippen molar-refractivity contribution in [3.8, 4) is 0 Å². The number of aryl methyl sites for hydroxylation is 3. The number of nitrogens with two attached hydrogens (primary N) is 1. The average molecular weight is 263 g/mol. The number of rotatable bonds is 4. The molecular weight excluding hydrogens is 246 g/mol. The number of benzene rings is 1. The molecule has 0 saturated heterocycles. The predicted molar refractivity (Wildman–Crippen MR) is 73.8 cm³/mol. The van der Waals surface area contributed by atoms with Gasteiger partial charge < -0.3 is 10.3 Å². The maximum atomic E-state index is 12.2. The second-order valence-electron chi connectivity index (χ2n) is 4.30. The molecule has 2 N–H and O–H groups in total. The lowest BCUT2D eigenvalue weighted by atomic mass is 10.2. The van der Waals surface area contributed by atoms with Gasteiger partial charge in [0.05, 0.1) is 15.7 Å². The van der Waals surface area contributed by atoms with Gasteiger partial charge in [-0.05, 0) is 24.6 Å². The first-order chi connectivity index (χ1) is 8.58. The third kappa shape index (κ3) is 2.79. The normalized spacial score (nSPS) is 12.6. The van der Waals surface area contributed by atoms with Gasteiger partial charge >= 0.3 is 0 Å². The zero-order valence-corrected chi connectivity index (χ0v) is 11.4. The fraction of sp³-hybridized carbons (Fsp3) is 0.308. The average Bonchev–Trinajstić information content (AvgIpc) is 2.75. The molecule has 1 heterocycles. The lowest BCUT2D eigenvalue weighted by molar-refractivity contribution is 0.680. The minimum Gasteiger partial charge on any atom is -0.398 e. The number of imidazole rings is 1. The van der Waals surface area contributed by atoms with E-state index in [1.54, 1.807) is 6.20 Å². The summed E-state index contributed by atoms with van der Waals surface area (Å²) >= 11 is 0. The Hall–Kier alpha value is -1.62. The van der Waals surface area contributed by atoms with E-state index < -0.39 is 10.8 Å². The van der Waals surface area contributed by atoms with Crippen molar-refractivity contribution in [2.45, 2.75) is 18.2 Å². The van der Waals surface area contributed by atoms with Gasteiger partial charge in [0.1, 0.15) is 5.82 Å². The zero-order chi connectivity index (χ0) is 13.1. The molecule has 1 aromatic heterocycles. The van der Waals surface area contributed by atoms with Crippen molar-refractivity contribution in [2.24, 2.45) is 7.05 Å². The van der Waals surface area contributed by atoms with Crippen LogP contribution in [0.5, 0.6) is 0 Å². The first kappa shape index (κ1) is 12.8. The highest BCUT2D eigenvalue weighted by Gasteiger charge is 2.10. The molecule has 18 heavy (non-hydrogen) atoms. The standard InChI is InChI=1S/C13H17N3OS/c1-10-3-4-11(14)12(9-10)18(17)8-5-13-15-6-7-16(13)2/h3-4,6-7,9H,5,8,14H2,1-2H3. The Balaban J connectivity index is 2.08. The molecule has 0 fully saturated rings. The molecule has 0 aliphatic rings. The molecule has 0 saturated carbocycles. The Labute approximate surface area is 109 Å². The number of nitrogen functional groups attached to an aromatic ring is 1. The van der Waals surface area contributed by atoms with Gasteiger partial charge in [-0.3, -0.25) is 4.21 Å². The third-order valence-corrected chi connectivity index (χ3v) is 4.27. The Morgan fingerprint density at radius 2 is 2.22 bits per heavy atom. The quantitative estimate of drug-likeness (QED) is 0.853. The maximum absolute atomic E-state index is 12.2. The Kier molecular flexibility index (Phi) is 3.81. The lowest BCUT2D eigenvalue weighted by Crippen LogP contribution is -2.08. The molecule has 2 aromatic rings. The van der Waals surface area contributed by atoms with Gasteiger partial charge in [0.15, 0.2) is 0 Å². The van der Waals surface area contributed by atoms with Crippen molar-refractivity contribution < 1.29 is 4.21 Å². The molecule has 1 unspecified atom stereocenters. The monoisotopic (exact) mass is 263 g/mol. The summed E-state index contributed by atoms with van der Waals surface area (Å²) in [4.78, 5) is 4.94. The molecular formula is C13H17N3OS. The molecule has 2 rings (SSSR count). The lowest BCUT2D eigenvalue weighted by Gasteiger charge is -2.07. The summed E-state index contributed by atoms with van der Waals surface area (Å²) in [6.07, 6.45) is 4.32. The first-order valence-corrected chi connectivity index (χ1v) is 7.10. The van der Waals surface area contributed by atoms with Crippen LogP contribution in [0.25, 0.3) is 0 Å². The summed E-state index contributed by atoms with van der Waals surface area (Å²) in [5.41, 5.74) is 7.53. The molecule has 1 aromatic carbocycles. The van der Waals surface area contributed by atoms with E-state index in [0.717, 1.165) is 16.3 Å². The van der Waals surface area contributed by atoms with Crippen LogP contribution < -0.4 is 5.73 Å². The molecule has 96 valence electrons. The Morgan fingerprint density at radius 3 is 2.89 bits per heavy atom. The van der Waals surface area contributed by atoms with Gasteiger partial charge in [-0.25, -0.2) is 4.98 Å². The number of anilines is 1. The predicted octanol–water partition coefficient (Wildman–Crippen LogP) is 1.66. The van der Waals surface area contributed by atoms with Crippen molar-refractivity contribution in [3.05, 3.63) is 42.0 Å². The Morgan fingerprint density at radius 1 is 1.44 bits per heavy atom. The maximum Gasteiger partial charge on any atom is 0.109 e. The molecule has 0 radical (unpaired) electrons. The van der Waals surface area contributed by atoms with Gasteiger partial charge in [0, 0.05) is 37.3 Å². The van der Waals surface area contributed by atoms with E-state index in [2.05, 4.69) is 4.98 Å². The van der Waals surface area contributed by atoms with E-state index in [-0.39, 0.29) is 0 Å². The molecule has 0 aliphatic heterocycles. The van der Waals surface area contributed by atoms with Crippen LogP contribution in [0.3, 0.4) is 0 Å². The summed E-state index contributed by atoms with van der Waals surface area (Å²) in [5, 5.41) is 0. The van der Waals surface area contributed by atoms with Crippen LogP contribution in [-0.4, -0.2) is 19.5 Å². The van der Waals surface area contributed by atoms with Crippen LogP contribution >= 0.6 is 0 Å². The van der Waals surface area contributed by atoms with Crippen molar-refractivity contribution in [3.63, 3.8) is 0 Å². The highest BCUT2D eigenvalue weighted by molar-refractivity contribution is 7.85. The molecule has 0 aliphatic carbocycles. The minimum atomic E-state index is -1.08. The number of nitrogens with zero attached hydrogens (tertiary/aromatic N) is 2. The van der Waals surface area contributed by atoms with Crippen molar-refractivity contribution >= 4 is 16.5 Å². The summed E-state index contributed by atoms with van der Waals surface area (Å²) in [7, 11) is 0.860. The van der Waals surface area contributed by atoms with Gasteiger partial charge in [0.2, 0.25) is 0 Å². The molecule has 1 atom stereocenters. The SMILES string of the molecule is Cc1ccc(N)c(S(=O)CCc2nccn2C)c1. The molecule has 0 amide bonds. The third-order valence-electron chi connectivity index (χ3n) is 2.85. The highest BCUT2D eigenvalue weighted by atomic mass is 32.2. The summed E-state index contributed by atoms with van der Waals surface area (Å²) in [6.45, 7) is 1.97. The van der Waals surface area contributed by atoms with Crippen molar-refractivity contribution in [2.75, 3.05) is 11.5 Å². The smallest absolute Gasteiger partial charge is 0.109 e. The van der Waals surface area contributed by atoms with Gasteiger partial charge in [-0.1, -0.05) is 6.07 Å². The van der Waals surface area contributed by atoms with Gasteiger partial charge in [-0.2, -0.15) is 0 Å². The molecule has 4 nitrogen and oxygen atoms in total. The molecule has 0 bridgehead atoms. The van der Waals surface area contributed by atoms with Gasteiger partial charge in [-0.15, -0.1) is 0 Å². The zero-order valence-electron chi connectivity index (χ0n) is 10.6. The minimum absolute atomic E-state index is 0.540. The van der Waals surface area contributed by atoms with Crippen LogP contribution in [0.15, 0.2) is 35.5 Å². The van der Waals surface area contributed by atoms with E-state index in [4.69, 9.17) is 5.73 Å². The number of hydrogen-bond acceptors (Lipinski definition) is 3. The molecule has 5 heteroatoms. The Bertz CT molecular complexity index is 577. The fourth-order valence-electron chi connectivity index (χ4n) is 1.77. The van der Waals surface area contributed by atoms with E-state index in [0.29, 0.717) is 17.9 Å². The van der Waals surface area contributed by atoms with E-state index >= 15 is 0 Å². The van der Waals surface area contributed by atoms with Crippen LogP contribution in [-0.2, 0) is 24.3 Å². The number of hydrogen-bond donors (Lipinski definition) is 1. The van der Waals surface area contributed by atoms with Crippen LogP contribution in [0.2, 0.25) is 0 Å². The van der Waals surface area contributed by atoms with E-state index in [1.165, 1.54) is 0 Å². The second kappa shape index (κ2) is 5.35. The van der Waals surface area contributed by atoms with Crippen molar-refractivity contribution in [1.82, 2.24) is 9.55 Å². The number of aromatic nitrogens is 2. The molecule has 0 spiro atoms. The second-order valence-corrected chi connectivity index (χ2v) is 5.83.